The molecule has 90 valence electrons. The predicted molar refractivity (Wildman–Crippen MR) is 66.0 cm³/mol. The van der Waals surface area contributed by atoms with Gasteiger partial charge in [0.25, 0.3) is 0 Å². The summed E-state index contributed by atoms with van der Waals surface area (Å²) in [5.74, 6) is -0.103. The van der Waals surface area contributed by atoms with Gasteiger partial charge in [-0.05, 0) is 12.1 Å². The van der Waals surface area contributed by atoms with Crippen molar-refractivity contribution in [2.24, 2.45) is 0 Å². The first-order chi connectivity index (χ1) is 8.08. The topological polar surface area (TPSA) is 64.8 Å². The largest absolute Gasteiger partial charge is 0.299 e. The maximum atomic E-state index is 11.9. The van der Waals surface area contributed by atoms with E-state index in [9.17, 15) is 9.00 Å². The fourth-order valence-electron chi connectivity index (χ4n) is 1.27. The Hall–Kier alpha value is -1.05. The van der Waals surface area contributed by atoms with Gasteiger partial charge < -0.3 is 0 Å². The molecule has 5 nitrogen and oxygen atoms in total. The molecule has 0 unspecified atom stereocenters. The van der Waals surface area contributed by atoms with E-state index < -0.39 is 10.8 Å². The predicted octanol–water partition coefficient (Wildman–Crippen LogP) is 1.61. The van der Waals surface area contributed by atoms with E-state index in [4.69, 9.17) is 11.6 Å². The van der Waals surface area contributed by atoms with Gasteiger partial charge >= 0.3 is 0 Å². The van der Waals surface area contributed by atoms with Gasteiger partial charge in [0.2, 0.25) is 5.16 Å². The van der Waals surface area contributed by atoms with Crippen LogP contribution in [0.2, 0.25) is 4.34 Å². The average Bonchev–Trinajstić information content (AvgIpc) is 2.86. The van der Waals surface area contributed by atoms with Crippen molar-refractivity contribution in [1.29, 1.82) is 0 Å². The number of aromatic nitrogens is 3. The Morgan fingerprint density at radius 1 is 1.59 bits per heavy atom. The van der Waals surface area contributed by atoms with Crippen LogP contribution < -0.4 is 0 Å². The van der Waals surface area contributed by atoms with E-state index in [0.29, 0.717) is 14.4 Å². The van der Waals surface area contributed by atoms with Crippen LogP contribution in [0, 0.1) is 0 Å². The number of hydrogen-bond donors (Lipinski definition) is 0. The second-order valence-corrected chi connectivity index (χ2v) is 6.21. The summed E-state index contributed by atoms with van der Waals surface area (Å²) >= 11 is 6.97. The minimum Gasteiger partial charge on any atom is -0.299 e. The number of hydrogen-bond acceptors (Lipinski definition) is 5. The molecule has 0 aromatic carbocycles. The smallest absolute Gasteiger partial charge is 0.221 e. The highest BCUT2D eigenvalue weighted by atomic mass is 35.5. The number of ketones is 1. The molecule has 0 fully saturated rings. The highest BCUT2D eigenvalue weighted by Gasteiger charge is 2.14. The fourth-order valence-corrected chi connectivity index (χ4v) is 2.85. The molecule has 0 spiro atoms. The van der Waals surface area contributed by atoms with Crippen LogP contribution in [0.3, 0.4) is 0 Å². The van der Waals surface area contributed by atoms with Crippen molar-refractivity contribution in [2.45, 2.75) is 11.7 Å². The van der Waals surface area contributed by atoms with E-state index in [0.717, 1.165) is 0 Å². The van der Waals surface area contributed by atoms with Gasteiger partial charge in [-0.2, -0.15) is 0 Å². The molecule has 17 heavy (non-hydrogen) atoms. The summed E-state index contributed by atoms with van der Waals surface area (Å²) in [7, 11) is -1.26. The number of nitrogens with zero attached hydrogens (tertiary/aromatic N) is 3. The number of rotatable bonds is 4. The zero-order valence-corrected chi connectivity index (χ0v) is 11.2. The molecule has 0 amide bonds. The second-order valence-electron chi connectivity index (χ2n) is 3.22. The molecule has 0 radical (unpaired) electrons. The third-order valence-electron chi connectivity index (χ3n) is 2.00. The molecule has 2 aromatic rings. The van der Waals surface area contributed by atoms with Crippen molar-refractivity contribution in [3.05, 3.63) is 27.7 Å². The molecule has 2 rings (SSSR count). The van der Waals surface area contributed by atoms with E-state index in [1.165, 1.54) is 28.5 Å². The Morgan fingerprint density at radius 2 is 2.35 bits per heavy atom. The molecule has 8 heteroatoms. The van der Waals surface area contributed by atoms with Gasteiger partial charge in [-0.25, -0.2) is 0 Å². The summed E-state index contributed by atoms with van der Waals surface area (Å²) in [5.41, 5.74) is 0. The summed E-state index contributed by atoms with van der Waals surface area (Å²) < 4.78 is 13.4. The van der Waals surface area contributed by atoms with Gasteiger partial charge in [0, 0.05) is 6.26 Å². The van der Waals surface area contributed by atoms with Crippen LogP contribution in [-0.4, -0.2) is 31.0 Å². The normalized spacial score (nSPS) is 12.6. The zero-order valence-electron chi connectivity index (χ0n) is 8.79. The summed E-state index contributed by atoms with van der Waals surface area (Å²) in [4.78, 5) is 12.4. The number of thiophene rings is 1. The Kier molecular flexibility index (Phi) is 3.70. The van der Waals surface area contributed by atoms with Crippen LogP contribution in [0.25, 0.3) is 0 Å². The van der Waals surface area contributed by atoms with Crippen LogP contribution in [0.15, 0.2) is 23.6 Å². The lowest BCUT2D eigenvalue weighted by Crippen LogP contribution is -2.12. The molecule has 0 N–H and O–H groups in total. The minimum absolute atomic E-state index is 0.0682. The monoisotopic (exact) mass is 289 g/mol. The summed E-state index contributed by atoms with van der Waals surface area (Å²) in [6.45, 7) is 0.0682. The maximum Gasteiger partial charge on any atom is 0.221 e. The molecular formula is C9H8ClN3O2S2. The van der Waals surface area contributed by atoms with Gasteiger partial charge in [0.15, 0.2) is 5.78 Å². The Labute approximate surface area is 109 Å². The van der Waals surface area contributed by atoms with Crippen LogP contribution in [0.1, 0.15) is 9.67 Å². The average molecular weight is 290 g/mol. The van der Waals surface area contributed by atoms with Gasteiger partial charge in [-0.1, -0.05) is 11.6 Å². The molecule has 0 aliphatic heterocycles. The quantitative estimate of drug-likeness (QED) is 0.802. The summed E-state index contributed by atoms with van der Waals surface area (Å²) in [5, 5.41) is 7.64. The molecule has 1 atom stereocenters. The number of carbonyl (C=O) groups is 1. The first-order valence-corrected chi connectivity index (χ1v) is 7.33. The van der Waals surface area contributed by atoms with E-state index in [2.05, 4.69) is 10.2 Å². The molecule has 0 saturated carbocycles. The minimum atomic E-state index is -1.26. The Bertz CT molecular complexity index is 578. The highest BCUT2D eigenvalue weighted by molar-refractivity contribution is 7.84. The molecule has 2 aromatic heterocycles. The third-order valence-corrected chi connectivity index (χ3v) is 4.10. The summed E-state index contributed by atoms with van der Waals surface area (Å²) in [6, 6.07) is 3.34. The van der Waals surface area contributed by atoms with Crippen LogP contribution in [0.4, 0.5) is 0 Å². The first-order valence-electron chi connectivity index (χ1n) is 4.57. The molecule has 0 bridgehead atoms. The fraction of sp³-hybridized carbons (Fsp3) is 0.222. The van der Waals surface area contributed by atoms with Crippen LogP contribution >= 0.6 is 22.9 Å². The van der Waals surface area contributed by atoms with Crippen molar-refractivity contribution < 1.29 is 9.00 Å². The van der Waals surface area contributed by atoms with E-state index >= 15 is 0 Å². The van der Waals surface area contributed by atoms with Gasteiger partial charge in [0.1, 0.15) is 6.33 Å². The molecule has 0 saturated heterocycles. The molecule has 2 heterocycles. The zero-order chi connectivity index (χ0) is 12.4. The van der Waals surface area contributed by atoms with Crippen molar-refractivity contribution >= 4 is 39.5 Å². The van der Waals surface area contributed by atoms with Crippen molar-refractivity contribution in [1.82, 2.24) is 14.8 Å². The Balaban J connectivity index is 2.18. The second kappa shape index (κ2) is 5.07. The highest BCUT2D eigenvalue weighted by Crippen LogP contribution is 2.22. The van der Waals surface area contributed by atoms with Gasteiger partial charge in [0.05, 0.1) is 26.6 Å². The lowest BCUT2D eigenvalue weighted by Gasteiger charge is -2.01. The Morgan fingerprint density at radius 3 is 2.94 bits per heavy atom. The van der Waals surface area contributed by atoms with Crippen LogP contribution in [0.5, 0.6) is 0 Å². The lowest BCUT2D eigenvalue weighted by atomic mass is 10.3. The van der Waals surface area contributed by atoms with Crippen molar-refractivity contribution in [3.63, 3.8) is 0 Å². The molecule has 0 aliphatic carbocycles. The summed E-state index contributed by atoms with van der Waals surface area (Å²) in [6.07, 6.45) is 2.89. The lowest BCUT2D eigenvalue weighted by molar-refractivity contribution is 0.0973. The van der Waals surface area contributed by atoms with Crippen LogP contribution in [-0.2, 0) is 17.3 Å². The number of carbonyl (C=O) groups excluding carboxylic acids is 1. The van der Waals surface area contributed by atoms with Crippen molar-refractivity contribution in [2.75, 3.05) is 6.26 Å². The number of Topliss-reactive ketones (excluding diaryl/α,β-unsaturated/α-hetero) is 1. The SMILES string of the molecule is C[S@](=O)c1nncn1CC(=O)c1ccc(Cl)s1. The maximum absolute atomic E-state index is 11.9. The van der Waals surface area contributed by atoms with E-state index in [1.54, 1.807) is 12.1 Å². The first kappa shape index (κ1) is 12.4. The molecular weight excluding hydrogens is 282 g/mol. The standard InChI is InChI=1S/C9H8ClN3O2S2/c1-17(15)9-12-11-5-13(9)4-6(14)7-2-3-8(10)16-7/h2-3,5H,4H2,1H3/t17-/m0/s1. The van der Waals surface area contributed by atoms with E-state index in [-0.39, 0.29) is 12.3 Å². The van der Waals surface area contributed by atoms with Gasteiger partial charge in [-0.3, -0.25) is 13.6 Å². The third kappa shape index (κ3) is 2.80. The number of halogens is 1. The molecule has 0 aliphatic rings. The van der Waals surface area contributed by atoms with Crippen molar-refractivity contribution in [3.8, 4) is 0 Å². The van der Waals surface area contributed by atoms with Gasteiger partial charge in [-0.15, -0.1) is 21.5 Å². The van der Waals surface area contributed by atoms with E-state index in [1.807, 2.05) is 0 Å².